The molecule has 6 nitrogen and oxygen atoms in total. The number of rotatable bonds is 2. The van der Waals surface area contributed by atoms with Gasteiger partial charge in [-0.05, 0) is 48.9 Å². The Bertz CT molecular complexity index is 904. The van der Waals surface area contributed by atoms with Crippen molar-refractivity contribution in [3.63, 3.8) is 0 Å². The molecule has 0 unspecified atom stereocenters. The minimum absolute atomic E-state index is 0.522. The van der Waals surface area contributed by atoms with Gasteiger partial charge in [-0.3, -0.25) is 9.59 Å². The number of imidazole rings is 1. The van der Waals surface area contributed by atoms with Gasteiger partial charge in [0.25, 0.3) is 0 Å². The van der Waals surface area contributed by atoms with Crippen LogP contribution >= 0.6 is 15.9 Å². The molecule has 2 amide bonds. The van der Waals surface area contributed by atoms with E-state index in [1.165, 1.54) is 0 Å². The monoisotopic (exact) mass is 372 g/mol. The molecule has 2 aromatic carbocycles. The summed E-state index contributed by atoms with van der Waals surface area (Å²) in [6.45, 7) is 1.90. The first-order valence-corrected chi connectivity index (χ1v) is 7.64. The second kappa shape index (κ2) is 6.21. The van der Waals surface area contributed by atoms with E-state index in [0.29, 0.717) is 11.4 Å². The molecule has 0 aliphatic rings. The van der Waals surface area contributed by atoms with Gasteiger partial charge in [-0.1, -0.05) is 15.9 Å². The highest BCUT2D eigenvalue weighted by Gasteiger charge is 2.14. The largest absolute Gasteiger partial charge is 0.345 e. The molecule has 23 heavy (non-hydrogen) atoms. The zero-order valence-corrected chi connectivity index (χ0v) is 13.8. The van der Waals surface area contributed by atoms with Gasteiger partial charge in [-0.15, -0.1) is 0 Å². The number of aromatic amines is 1. The van der Waals surface area contributed by atoms with E-state index in [4.69, 9.17) is 0 Å². The van der Waals surface area contributed by atoms with Gasteiger partial charge in [0.15, 0.2) is 0 Å². The van der Waals surface area contributed by atoms with Crippen molar-refractivity contribution in [2.24, 2.45) is 0 Å². The summed E-state index contributed by atoms with van der Waals surface area (Å²) in [4.78, 5) is 31.0. The number of aromatic nitrogens is 2. The van der Waals surface area contributed by atoms with Gasteiger partial charge in [0.2, 0.25) is 0 Å². The Morgan fingerprint density at radius 2 is 1.70 bits per heavy atom. The first-order valence-electron chi connectivity index (χ1n) is 6.84. The van der Waals surface area contributed by atoms with Crippen molar-refractivity contribution in [3.8, 4) is 0 Å². The molecule has 0 fully saturated rings. The Hall–Kier alpha value is -2.67. The van der Waals surface area contributed by atoms with E-state index < -0.39 is 11.8 Å². The number of fused-ring (bicyclic) bond motifs is 1. The maximum atomic E-state index is 12.0. The number of benzene rings is 2. The van der Waals surface area contributed by atoms with E-state index in [0.717, 1.165) is 21.1 Å². The van der Waals surface area contributed by atoms with Crippen LogP contribution in [0, 0.1) is 6.92 Å². The molecule has 0 radical (unpaired) electrons. The maximum Gasteiger partial charge on any atom is 0.314 e. The Kier molecular flexibility index (Phi) is 4.12. The van der Waals surface area contributed by atoms with Gasteiger partial charge in [-0.2, -0.15) is 0 Å². The summed E-state index contributed by atoms with van der Waals surface area (Å²) < 4.78 is 0.938. The third-order valence-corrected chi connectivity index (χ3v) is 4.19. The average molecular weight is 373 g/mol. The van der Waals surface area contributed by atoms with E-state index in [1.807, 2.05) is 13.0 Å². The highest BCUT2D eigenvalue weighted by Crippen LogP contribution is 2.20. The summed E-state index contributed by atoms with van der Waals surface area (Å²) in [5.41, 5.74) is 3.63. The smallest absolute Gasteiger partial charge is 0.314 e. The lowest BCUT2D eigenvalue weighted by atomic mass is 10.2. The SMILES string of the molecule is Cc1cc(NC(=O)C(=O)Nc2ccc3nc[nH]c3c2)ccc1Br. The molecule has 1 aromatic heterocycles. The van der Waals surface area contributed by atoms with Crippen LogP contribution in [0.25, 0.3) is 11.0 Å². The molecule has 3 N–H and O–H groups in total. The van der Waals surface area contributed by atoms with Crippen molar-refractivity contribution >= 4 is 50.2 Å². The van der Waals surface area contributed by atoms with Crippen LogP contribution in [0.5, 0.6) is 0 Å². The predicted octanol–water partition coefficient (Wildman–Crippen LogP) is 3.21. The first-order chi connectivity index (χ1) is 11.0. The molecule has 0 saturated carbocycles. The predicted molar refractivity (Wildman–Crippen MR) is 92.2 cm³/mol. The lowest BCUT2D eigenvalue weighted by Crippen LogP contribution is -2.29. The number of hydrogen-bond donors (Lipinski definition) is 3. The lowest BCUT2D eigenvalue weighted by Gasteiger charge is -2.08. The van der Waals surface area contributed by atoms with Crippen LogP contribution in [-0.4, -0.2) is 21.8 Å². The highest BCUT2D eigenvalue weighted by molar-refractivity contribution is 9.10. The third-order valence-electron chi connectivity index (χ3n) is 3.30. The molecular weight excluding hydrogens is 360 g/mol. The zero-order valence-electron chi connectivity index (χ0n) is 12.2. The quantitative estimate of drug-likeness (QED) is 0.603. The normalized spacial score (nSPS) is 10.5. The van der Waals surface area contributed by atoms with Gasteiger partial charge in [0.05, 0.1) is 17.4 Å². The average Bonchev–Trinajstić information content (AvgIpc) is 2.98. The third kappa shape index (κ3) is 3.40. The van der Waals surface area contributed by atoms with Crippen LogP contribution in [-0.2, 0) is 9.59 Å². The lowest BCUT2D eigenvalue weighted by molar-refractivity contribution is -0.132. The number of halogens is 1. The van der Waals surface area contributed by atoms with Gasteiger partial charge >= 0.3 is 11.8 Å². The number of nitrogens with zero attached hydrogens (tertiary/aromatic N) is 1. The van der Waals surface area contributed by atoms with Crippen molar-refractivity contribution in [1.82, 2.24) is 9.97 Å². The molecule has 0 saturated heterocycles. The van der Waals surface area contributed by atoms with E-state index in [-0.39, 0.29) is 0 Å². The van der Waals surface area contributed by atoms with Crippen LogP contribution < -0.4 is 10.6 Å². The minimum Gasteiger partial charge on any atom is -0.345 e. The molecule has 1 heterocycles. The number of amides is 2. The van der Waals surface area contributed by atoms with Gasteiger partial charge in [0, 0.05) is 15.8 Å². The minimum atomic E-state index is -0.732. The number of carbonyl (C=O) groups excluding carboxylic acids is 2. The van der Waals surface area contributed by atoms with Crippen LogP contribution in [0.3, 0.4) is 0 Å². The Morgan fingerprint density at radius 1 is 1.04 bits per heavy atom. The van der Waals surface area contributed by atoms with Crippen LogP contribution in [0.4, 0.5) is 11.4 Å². The molecule has 0 aliphatic carbocycles. The molecule has 0 aliphatic heterocycles. The van der Waals surface area contributed by atoms with Crippen LogP contribution in [0.1, 0.15) is 5.56 Å². The summed E-state index contributed by atoms with van der Waals surface area (Å²) >= 11 is 3.39. The molecular formula is C16H13BrN4O2. The first kappa shape index (κ1) is 15.2. The van der Waals surface area contributed by atoms with Crippen molar-refractivity contribution < 1.29 is 9.59 Å². The second-order valence-corrected chi connectivity index (χ2v) is 5.86. The Labute approximate surface area is 140 Å². The molecule has 0 bridgehead atoms. The standard InChI is InChI=1S/C16H13BrN4O2/c1-9-6-10(2-4-12(9)17)20-15(22)16(23)21-11-3-5-13-14(7-11)19-8-18-13/h2-8H,1H3,(H,18,19)(H,20,22)(H,21,23). The van der Waals surface area contributed by atoms with E-state index in [2.05, 4.69) is 36.5 Å². The second-order valence-electron chi connectivity index (χ2n) is 5.01. The zero-order chi connectivity index (χ0) is 16.4. The summed E-state index contributed by atoms with van der Waals surface area (Å²) in [6, 6.07) is 10.5. The number of H-pyrrole nitrogens is 1. The van der Waals surface area contributed by atoms with E-state index >= 15 is 0 Å². The molecule has 0 spiro atoms. The molecule has 0 atom stereocenters. The van der Waals surface area contributed by atoms with Gasteiger partial charge in [0.1, 0.15) is 0 Å². The van der Waals surface area contributed by atoms with Crippen LogP contribution in [0.2, 0.25) is 0 Å². The van der Waals surface area contributed by atoms with E-state index in [1.54, 1.807) is 36.7 Å². The number of hydrogen-bond acceptors (Lipinski definition) is 3. The van der Waals surface area contributed by atoms with Gasteiger partial charge in [-0.25, -0.2) is 4.98 Å². The molecule has 7 heteroatoms. The van der Waals surface area contributed by atoms with Crippen molar-refractivity contribution in [2.75, 3.05) is 10.6 Å². The fraction of sp³-hybridized carbons (Fsp3) is 0.0625. The van der Waals surface area contributed by atoms with Crippen molar-refractivity contribution in [1.29, 1.82) is 0 Å². The van der Waals surface area contributed by atoms with Gasteiger partial charge < -0.3 is 15.6 Å². The molecule has 3 rings (SSSR count). The highest BCUT2D eigenvalue weighted by atomic mass is 79.9. The fourth-order valence-corrected chi connectivity index (χ4v) is 2.36. The van der Waals surface area contributed by atoms with E-state index in [9.17, 15) is 9.59 Å². The van der Waals surface area contributed by atoms with Crippen LogP contribution in [0.15, 0.2) is 47.2 Å². The summed E-state index contributed by atoms with van der Waals surface area (Å²) in [6.07, 6.45) is 1.57. The van der Waals surface area contributed by atoms with Crippen molar-refractivity contribution in [2.45, 2.75) is 6.92 Å². The maximum absolute atomic E-state index is 12.0. The number of carbonyl (C=O) groups is 2. The summed E-state index contributed by atoms with van der Waals surface area (Å²) in [5.74, 6) is -1.46. The topological polar surface area (TPSA) is 86.9 Å². The number of anilines is 2. The Morgan fingerprint density at radius 3 is 2.39 bits per heavy atom. The molecule has 3 aromatic rings. The fourth-order valence-electron chi connectivity index (χ4n) is 2.11. The molecule has 116 valence electrons. The number of nitrogens with one attached hydrogen (secondary N) is 3. The number of aryl methyl sites for hydroxylation is 1. The summed E-state index contributed by atoms with van der Waals surface area (Å²) in [7, 11) is 0. The summed E-state index contributed by atoms with van der Waals surface area (Å²) in [5, 5.41) is 5.13. The van der Waals surface area contributed by atoms with Crippen molar-refractivity contribution in [3.05, 3.63) is 52.8 Å². The Balaban J connectivity index is 1.69.